The van der Waals surface area contributed by atoms with Crippen LogP contribution in [-0.4, -0.2) is 34.8 Å². The van der Waals surface area contributed by atoms with Gasteiger partial charge >= 0.3 is 6.09 Å². The summed E-state index contributed by atoms with van der Waals surface area (Å²) in [5, 5.41) is 12.2. The van der Waals surface area contributed by atoms with Gasteiger partial charge in [0.2, 0.25) is 0 Å². The number of rotatable bonds is 5. The van der Waals surface area contributed by atoms with Gasteiger partial charge in [-0.15, -0.1) is 0 Å². The fraction of sp³-hybridized carbons (Fsp3) is 0.441. The predicted molar refractivity (Wildman–Crippen MR) is 151 cm³/mol. The van der Waals surface area contributed by atoms with Crippen LogP contribution in [0.5, 0.6) is 0 Å². The third-order valence-corrected chi connectivity index (χ3v) is 9.15. The molecule has 2 bridgehead atoms. The van der Waals surface area contributed by atoms with E-state index in [9.17, 15) is 9.90 Å². The number of hydrogen-bond acceptors (Lipinski definition) is 3. The van der Waals surface area contributed by atoms with Crippen molar-refractivity contribution >= 4 is 6.09 Å². The van der Waals surface area contributed by atoms with E-state index >= 15 is 0 Å². The van der Waals surface area contributed by atoms with E-state index in [-0.39, 0.29) is 24.1 Å². The molecule has 198 valence electrons. The minimum atomic E-state index is -0.924. The molecule has 4 nitrogen and oxygen atoms in total. The zero-order chi connectivity index (χ0) is 26.6. The highest BCUT2D eigenvalue weighted by atomic mass is 16.6. The van der Waals surface area contributed by atoms with E-state index in [1.807, 2.05) is 4.90 Å². The first-order chi connectivity index (χ1) is 18.3. The molecule has 1 N–H and O–H groups in total. The molecule has 0 radical (unpaired) electrons. The second-order valence-electron chi connectivity index (χ2n) is 12.2. The topological polar surface area (TPSA) is 49.8 Å². The van der Waals surface area contributed by atoms with Crippen molar-refractivity contribution in [1.29, 1.82) is 0 Å². The maximum atomic E-state index is 13.6. The summed E-state index contributed by atoms with van der Waals surface area (Å²) in [5.74, 6) is 0.702. The summed E-state index contributed by atoms with van der Waals surface area (Å²) in [7, 11) is 0. The van der Waals surface area contributed by atoms with Crippen LogP contribution in [0.1, 0.15) is 98.9 Å². The van der Waals surface area contributed by atoms with Crippen LogP contribution in [-0.2, 0) is 10.3 Å². The molecule has 4 heteroatoms. The highest BCUT2D eigenvalue weighted by Crippen LogP contribution is 2.50. The van der Waals surface area contributed by atoms with Gasteiger partial charge in [0, 0.05) is 30.8 Å². The zero-order valence-corrected chi connectivity index (χ0v) is 23.0. The lowest BCUT2D eigenvalue weighted by Crippen LogP contribution is -2.52. The largest absolute Gasteiger partial charge is 0.448 e. The smallest absolute Gasteiger partial charge is 0.410 e. The van der Waals surface area contributed by atoms with Crippen LogP contribution in [0, 0.1) is 0 Å². The molecular weight excluding hydrogens is 470 g/mol. The molecule has 3 aliphatic rings. The van der Waals surface area contributed by atoms with Gasteiger partial charge in [-0.2, -0.15) is 0 Å². The van der Waals surface area contributed by atoms with Crippen LogP contribution >= 0.6 is 0 Å². The highest BCUT2D eigenvalue weighted by molar-refractivity contribution is 5.79. The van der Waals surface area contributed by atoms with Crippen molar-refractivity contribution in [2.24, 2.45) is 0 Å². The van der Waals surface area contributed by atoms with Gasteiger partial charge in [-0.1, -0.05) is 94.4 Å². The van der Waals surface area contributed by atoms with E-state index in [0.717, 1.165) is 18.4 Å². The first-order valence-corrected chi connectivity index (χ1v) is 14.3. The third-order valence-electron chi connectivity index (χ3n) is 9.15. The van der Waals surface area contributed by atoms with Crippen molar-refractivity contribution in [2.45, 2.75) is 88.8 Å². The van der Waals surface area contributed by atoms with E-state index in [1.54, 1.807) is 0 Å². The van der Waals surface area contributed by atoms with Crippen molar-refractivity contribution < 1.29 is 14.6 Å². The molecule has 2 saturated heterocycles. The summed E-state index contributed by atoms with van der Waals surface area (Å²) in [5.41, 5.74) is 7.56. The number of amides is 1. The SMILES string of the molecule is CC(C)c1cccc(C(C)C)c1C1(O)CC2CCC(C1)N2C(=O)OCC1c2ccccc2-c2ccccc21. The standard InChI is InChI=1S/C34H39NO3/c1-21(2)25-14-9-15-26(22(3)4)32(25)34(37)18-23-16-17-24(19-34)35(23)33(36)38-20-31-29-12-7-5-10-27(29)28-11-6-8-13-30(28)31/h5-15,21-24,31,37H,16-20H2,1-4H3. The quantitative estimate of drug-likeness (QED) is 0.383. The molecule has 2 aliphatic heterocycles. The monoisotopic (exact) mass is 509 g/mol. The molecule has 0 aromatic heterocycles. The molecule has 3 aromatic rings. The Balaban J connectivity index is 1.23. The predicted octanol–water partition coefficient (Wildman–Crippen LogP) is 7.70. The molecule has 2 unspecified atom stereocenters. The maximum absolute atomic E-state index is 13.6. The number of ether oxygens (including phenoxy) is 1. The normalized spacial score (nSPS) is 24.1. The summed E-state index contributed by atoms with van der Waals surface area (Å²) < 4.78 is 6.06. The lowest BCUT2D eigenvalue weighted by atomic mass is 9.73. The van der Waals surface area contributed by atoms with Gasteiger partial charge in [0.1, 0.15) is 6.61 Å². The molecule has 3 aromatic carbocycles. The first-order valence-electron chi connectivity index (χ1n) is 14.3. The number of benzene rings is 3. The van der Waals surface area contributed by atoms with Crippen LogP contribution in [0.25, 0.3) is 11.1 Å². The molecule has 38 heavy (non-hydrogen) atoms. The van der Waals surface area contributed by atoms with Crippen molar-refractivity contribution in [2.75, 3.05) is 6.61 Å². The molecule has 2 heterocycles. The molecule has 2 fully saturated rings. The highest BCUT2D eigenvalue weighted by Gasteiger charge is 2.52. The van der Waals surface area contributed by atoms with Gasteiger partial charge in [-0.25, -0.2) is 4.79 Å². The van der Waals surface area contributed by atoms with Crippen LogP contribution in [0.3, 0.4) is 0 Å². The number of nitrogens with zero attached hydrogens (tertiary/aromatic N) is 1. The Morgan fingerprint density at radius 2 is 1.34 bits per heavy atom. The van der Waals surface area contributed by atoms with Crippen LogP contribution in [0.4, 0.5) is 4.79 Å². The summed E-state index contributed by atoms with van der Waals surface area (Å²) in [6, 6.07) is 23.3. The first kappa shape index (κ1) is 25.2. The second kappa shape index (κ2) is 9.57. The second-order valence-corrected chi connectivity index (χ2v) is 12.2. The van der Waals surface area contributed by atoms with Gasteiger partial charge in [-0.3, -0.25) is 0 Å². The third kappa shape index (κ3) is 4.05. The van der Waals surface area contributed by atoms with Gasteiger partial charge in [-0.05, 0) is 63.6 Å². The molecule has 6 rings (SSSR count). The van der Waals surface area contributed by atoms with Gasteiger partial charge in [0.25, 0.3) is 0 Å². The van der Waals surface area contributed by atoms with Gasteiger partial charge in [0.05, 0.1) is 5.60 Å². The van der Waals surface area contributed by atoms with E-state index in [0.29, 0.717) is 31.3 Å². The van der Waals surface area contributed by atoms with Crippen molar-refractivity contribution in [3.05, 3.63) is 94.5 Å². The molecule has 0 saturated carbocycles. The van der Waals surface area contributed by atoms with E-state index in [1.165, 1.54) is 33.4 Å². The fourth-order valence-electron chi connectivity index (χ4n) is 7.48. The van der Waals surface area contributed by atoms with Crippen molar-refractivity contribution in [1.82, 2.24) is 4.90 Å². The minimum absolute atomic E-state index is 0.00497. The average molecular weight is 510 g/mol. The van der Waals surface area contributed by atoms with E-state index in [2.05, 4.69) is 94.4 Å². The Bertz CT molecular complexity index is 1270. The molecule has 1 amide bonds. The fourth-order valence-corrected chi connectivity index (χ4v) is 7.48. The van der Waals surface area contributed by atoms with Crippen LogP contribution in [0.15, 0.2) is 66.7 Å². The Morgan fingerprint density at radius 3 is 1.84 bits per heavy atom. The number of aliphatic hydroxyl groups is 1. The number of carbonyl (C=O) groups is 1. The van der Waals surface area contributed by atoms with Gasteiger partial charge in [0.15, 0.2) is 0 Å². The Labute approximate surface area is 226 Å². The summed E-state index contributed by atoms with van der Waals surface area (Å²) in [6.07, 6.45) is 2.73. The van der Waals surface area contributed by atoms with Crippen molar-refractivity contribution in [3.63, 3.8) is 0 Å². The number of hydrogen-bond donors (Lipinski definition) is 1. The lowest BCUT2D eigenvalue weighted by molar-refractivity contribution is -0.0544. The zero-order valence-electron chi connectivity index (χ0n) is 23.0. The van der Waals surface area contributed by atoms with Crippen LogP contribution < -0.4 is 0 Å². The summed E-state index contributed by atoms with van der Waals surface area (Å²) in [4.78, 5) is 15.5. The maximum Gasteiger partial charge on any atom is 0.410 e. The van der Waals surface area contributed by atoms with Gasteiger partial charge < -0.3 is 14.7 Å². The minimum Gasteiger partial charge on any atom is -0.448 e. The van der Waals surface area contributed by atoms with E-state index < -0.39 is 5.60 Å². The Hall–Kier alpha value is -3.11. The van der Waals surface area contributed by atoms with Crippen LogP contribution in [0.2, 0.25) is 0 Å². The number of piperidine rings is 1. The Kier molecular flexibility index (Phi) is 6.34. The van der Waals surface area contributed by atoms with E-state index in [4.69, 9.17) is 4.74 Å². The molecule has 2 atom stereocenters. The number of fused-ring (bicyclic) bond motifs is 5. The number of carbonyl (C=O) groups excluding carboxylic acids is 1. The summed E-state index contributed by atoms with van der Waals surface area (Å²) in [6.45, 7) is 9.14. The van der Waals surface area contributed by atoms with Crippen molar-refractivity contribution in [3.8, 4) is 11.1 Å². The average Bonchev–Trinajstić information content (AvgIpc) is 3.38. The molecule has 1 aliphatic carbocycles. The summed E-state index contributed by atoms with van der Waals surface area (Å²) >= 11 is 0. The molecular formula is C34H39NO3. The Morgan fingerprint density at radius 1 is 0.842 bits per heavy atom. The lowest BCUT2D eigenvalue weighted by Gasteiger charge is -2.45. The molecule has 0 spiro atoms.